The molecule has 2 rings (SSSR count). The van der Waals surface area contributed by atoms with Crippen LogP contribution >= 0.6 is 11.6 Å². The van der Waals surface area contributed by atoms with Crippen LogP contribution in [-0.2, 0) is 0 Å². The quantitative estimate of drug-likeness (QED) is 0.665. The smallest absolute Gasteiger partial charge is 0.339 e. The van der Waals surface area contributed by atoms with Crippen molar-refractivity contribution in [3.05, 3.63) is 26.4 Å². The molecule has 1 saturated heterocycles. The maximum atomic E-state index is 11.3. The fourth-order valence-corrected chi connectivity index (χ4v) is 2.66. The van der Waals surface area contributed by atoms with Gasteiger partial charge in [-0.1, -0.05) is 11.6 Å². The van der Waals surface area contributed by atoms with Crippen LogP contribution in [0.3, 0.4) is 0 Å². The molecule has 1 aliphatic heterocycles. The lowest BCUT2D eigenvalue weighted by molar-refractivity contribution is -0.384. The van der Waals surface area contributed by atoms with Crippen molar-refractivity contribution in [2.75, 3.05) is 38.1 Å². The highest BCUT2D eigenvalue weighted by molar-refractivity contribution is 6.36. The van der Waals surface area contributed by atoms with Crippen LogP contribution in [0, 0.1) is 17.0 Å². The third kappa shape index (κ3) is 2.91. The van der Waals surface area contributed by atoms with Crippen LogP contribution in [-0.4, -0.2) is 59.1 Å². The first kappa shape index (κ1) is 15.5. The standard InChI is InChI=1S/C12H15ClN4O4/c1-7-8(12(18)19)9(13)10(17(20)21)11(14-7)16-5-3-15(2)4-6-16/h3-6H2,1-2H3,(H,18,19). The molecule has 0 spiro atoms. The van der Waals surface area contributed by atoms with Crippen LogP contribution < -0.4 is 4.90 Å². The van der Waals surface area contributed by atoms with Gasteiger partial charge < -0.3 is 14.9 Å². The van der Waals surface area contributed by atoms with E-state index < -0.39 is 16.6 Å². The SMILES string of the molecule is Cc1nc(N2CCN(C)CC2)c([N+](=O)[O-])c(Cl)c1C(=O)O. The fourth-order valence-electron chi connectivity index (χ4n) is 2.29. The van der Waals surface area contributed by atoms with Gasteiger partial charge in [-0.3, -0.25) is 10.1 Å². The second kappa shape index (κ2) is 5.82. The molecule has 0 atom stereocenters. The molecular weight excluding hydrogens is 300 g/mol. The molecule has 1 aliphatic rings. The van der Waals surface area contributed by atoms with Gasteiger partial charge in [0.15, 0.2) is 0 Å². The number of rotatable bonds is 3. The van der Waals surface area contributed by atoms with Crippen molar-refractivity contribution in [2.45, 2.75) is 6.92 Å². The molecule has 0 radical (unpaired) electrons. The van der Waals surface area contributed by atoms with Gasteiger partial charge in [0, 0.05) is 26.2 Å². The van der Waals surface area contributed by atoms with Crippen LogP contribution in [0.15, 0.2) is 0 Å². The Bertz CT molecular complexity index is 599. The van der Waals surface area contributed by atoms with E-state index in [9.17, 15) is 14.9 Å². The number of carboxylic acids is 1. The largest absolute Gasteiger partial charge is 0.478 e. The summed E-state index contributed by atoms with van der Waals surface area (Å²) in [6.45, 7) is 4.13. The Morgan fingerprint density at radius 3 is 2.43 bits per heavy atom. The highest BCUT2D eigenvalue weighted by atomic mass is 35.5. The first-order chi connectivity index (χ1) is 9.82. The van der Waals surface area contributed by atoms with Crippen LogP contribution in [0.1, 0.15) is 16.1 Å². The summed E-state index contributed by atoms with van der Waals surface area (Å²) in [5.74, 6) is -1.18. The van der Waals surface area contributed by atoms with Crippen molar-refractivity contribution in [2.24, 2.45) is 0 Å². The van der Waals surface area contributed by atoms with E-state index in [1.54, 1.807) is 4.90 Å². The molecule has 8 nitrogen and oxygen atoms in total. The highest BCUT2D eigenvalue weighted by Crippen LogP contribution is 2.37. The Balaban J connectivity index is 2.55. The van der Waals surface area contributed by atoms with Crippen molar-refractivity contribution in [1.29, 1.82) is 0 Å². The molecule has 0 unspecified atom stereocenters. The zero-order valence-electron chi connectivity index (χ0n) is 11.7. The zero-order valence-corrected chi connectivity index (χ0v) is 12.4. The molecule has 0 bridgehead atoms. The fraction of sp³-hybridized carbons (Fsp3) is 0.500. The minimum absolute atomic E-state index is 0.139. The van der Waals surface area contributed by atoms with Crippen molar-refractivity contribution in [3.63, 3.8) is 0 Å². The third-order valence-electron chi connectivity index (χ3n) is 3.47. The van der Waals surface area contributed by atoms with E-state index in [4.69, 9.17) is 16.7 Å². The first-order valence-corrected chi connectivity index (χ1v) is 6.72. The maximum absolute atomic E-state index is 11.3. The molecule has 0 aromatic carbocycles. The van der Waals surface area contributed by atoms with E-state index >= 15 is 0 Å². The lowest BCUT2D eigenvalue weighted by Crippen LogP contribution is -2.45. The van der Waals surface area contributed by atoms with Crippen LogP contribution in [0.2, 0.25) is 5.02 Å². The minimum atomic E-state index is -1.32. The molecule has 1 aromatic rings. The van der Waals surface area contributed by atoms with E-state index in [1.807, 2.05) is 7.05 Å². The van der Waals surface area contributed by atoms with Crippen molar-refractivity contribution in [1.82, 2.24) is 9.88 Å². The predicted octanol–water partition coefficient (Wildman–Crippen LogP) is 1.40. The van der Waals surface area contributed by atoms with Gasteiger partial charge in [0.25, 0.3) is 0 Å². The van der Waals surface area contributed by atoms with Crippen molar-refractivity contribution < 1.29 is 14.8 Å². The minimum Gasteiger partial charge on any atom is -0.478 e. The number of halogens is 1. The topological polar surface area (TPSA) is 99.8 Å². The van der Waals surface area contributed by atoms with Crippen LogP contribution in [0.5, 0.6) is 0 Å². The van der Waals surface area contributed by atoms with Crippen molar-refractivity contribution in [3.8, 4) is 0 Å². The summed E-state index contributed by atoms with van der Waals surface area (Å²) >= 11 is 5.96. The number of pyridine rings is 1. The number of likely N-dealkylation sites (N-methyl/N-ethyl adjacent to an activating group) is 1. The van der Waals surface area contributed by atoms with Gasteiger partial charge in [-0.05, 0) is 14.0 Å². The number of aromatic carboxylic acids is 1. The summed E-state index contributed by atoms with van der Waals surface area (Å²) in [7, 11) is 1.96. The maximum Gasteiger partial charge on any atom is 0.339 e. The number of aromatic nitrogens is 1. The number of hydrogen-bond acceptors (Lipinski definition) is 6. The van der Waals surface area contributed by atoms with Crippen LogP contribution in [0.4, 0.5) is 11.5 Å². The number of piperazine rings is 1. The number of aryl methyl sites for hydroxylation is 1. The van der Waals surface area contributed by atoms with Gasteiger partial charge in [0.1, 0.15) is 10.6 Å². The molecule has 0 saturated carbocycles. The van der Waals surface area contributed by atoms with Gasteiger partial charge in [-0.2, -0.15) is 0 Å². The lowest BCUT2D eigenvalue weighted by atomic mass is 10.1. The number of carboxylic acid groups (broad SMARTS) is 1. The number of anilines is 1. The lowest BCUT2D eigenvalue weighted by Gasteiger charge is -2.33. The van der Waals surface area contributed by atoms with E-state index in [-0.39, 0.29) is 22.1 Å². The summed E-state index contributed by atoms with van der Waals surface area (Å²) in [6.07, 6.45) is 0. The number of nitro groups is 1. The molecule has 9 heteroatoms. The zero-order chi connectivity index (χ0) is 15.7. The summed E-state index contributed by atoms with van der Waals surface area (Å²) in [6, 6.07) is 0. The van der Waals surface area contributed by atoms with Gasteiger partial charge >= 0.3 is 11.7 Å². The van der Waals surface area contributed by atoms with Crippen molar-refractivity contribution >= 4 is 29.1 Å². The number of carbonyl (C=O) groups is 1. The predicted molar refractivity (Wildman–Crippen MR) is 77.3 cm³/mol. The molecular formula is C12H15ClN4O4. The highest BCUT2D eigenvalue weighted by Gasteiger charge is 2.32. The summed E-state index contributed by atoms with van der Waals surface area (Å²) in [4.78, 5) is 29.8. The summed E-state index contributed by atoms with van der Waals surface area (Å²) < 4.78 is 0. The average Bonchev–Trinajstić information content (AvgIpc) is 2.37. The Labute approximate surface area is 126 Å². The number of hydrogen-bond donors (Lipinski definition) is 1. The Morgan fingerprint density at radius 2 is 1.95 bits per heavy atom. The normalized spacial score (nSPS) is 16.0. The van der Waals surface area contributed by atoms with E-state index in [2.05, 4.69) is 9.88 Å². The summed E-state index contributed by atoms with van der Waals surface area (Å²) in [5.41, 5.74) is -0.586. The Hall–Kier alpha value is -1.93. The molecule has 1 N–H and O–H groups in total. The third-order valence-corrected chi connectivity index (χ3v) is 3.84. The monoisotopic (exact) mass is 314 g/mol. The average molecular weight is 315 g/mol. The van der Waals surface area contributed by atoms with Gasteiger partial charge in [0.2, 0.25) is 5.82 Å². The second-order valence-electron chi connectivity index (χ2n) is 4.91. The van der Waals surface area contributed by atoms with Gasteiger partial charge in [0.05, 0.1) is 10.6 Å². The number of nitrogens with zero attached hydrogens (tertiary/aromatic N) is 4. The van der Waals surface area contributed by atoms with Crippen LogP contribution in [0.25, 0.3) is 0 Å². The van der Waals surface area contributed by atoms with E-state index in [0.29, 0.717) is 13.1 Å². The molecule has 1 aromatic heterocycles. The second-order valence-corrected chi connectivity index (χ2v) is 5.29. The Morgan fingerprint density at radius 1 is 1.38 bits per heavy atom. The molecule has 1 fully saturated rings. The molecule has 21 heavy (non-hydrogen) atoms. The van der Waals surface area contributed by atoms with E-state index in [1.165, 1.54) is 6.92 Å². The van der Waals surface area contributed by atoms with Gasteiger partial charge in [-0.15, -0.1) is 0 Å². The van der Waals surface area contributed by atoms with Gasteiger partial charge in [-0.25, -0.2) is 9.78 Å². The molecule has 114 valence electrons. The van der Waals surface area contributed by atoms with E-state index in [0.717, 1.165) is 13.1 Å². The Kier molecular flexibility index (Phi) is 4.29. The summed E-state index contributed by atoms with van der Waals surface area (Å²) in [5, 5.41) is 20.0. The molecule has 2 heterocycles. The molecule has 0 amide bonds. The first-order valence-electron chi connectivity index (χ1n) is 6.34. The molecule has 0 aliphatic carbocycles.